The van der Waals surface area contributed by atoms with Crippen LogP contribution in [-0.2, 0) is 4.74 Å². The zero-order valence-corrected chi connectivity index (χ0v) is 9.71. The van der Waals surface area contributed by atoms with Crippen molar-refractivity contribution in [1.82, 2.24) is 0 Å². The minimum Gasteiger partial charge on any atom is -0.494 e. The molecule has 100 valence electrons. The third kappa shape index (κ3) is 3.83. The summed E-state index contributed by atoms with van der Waals surface area (Å²) in [5.41, 5.74) is -0.347. The maximum atomic E-state index is 12.1. The van der Waals surface area contributed by atoms with Gasteiger partial charge in [-0.2, -0.15) is 0 Å². The molecule has 0 fully saturated rings. The molecule has 0 saturated heterocycles. The topological polar surface area (TPSA) is 44.8 Å². The lowest BCUT2D eigenvalue weighted by Crippen LogP contribution is -2.19. The van der Waals surface area contributed by atoms with E-state index >= 15 is 0 Å². The summed E-state index contributed by atoms with van der Waals surface area (Å²) in [7, 11) is 1.06. The first-order valence-electron chi connectivity index (χ1n) is 4.98. The molecule has 0 radical (unpaired) electrons. The Hall–Kier alpha value is -1.92. The lowest BCUT2D eigenvalue weighted by Gasteiger charge is -2.13. The fourth-order valence-corrected chi connectivity index (χ4v) is 1.25. The Balaban J connectivity index is 3.12. The Bertz CT molecular complexity index is 429. The van der Waals surface area contributed by atoms with Crippen LogP contribution in [-0.4, -0.2) is 26.0 Å². The molecule has 0 heterocycles. The van der Waals surface area contributed by atoms with E-state index in [9.17, 15) is 18.0 Å². The van der Waals surface area contributed by atoms with E-state index in [1.807, 2.05) is 0 Å². The summed E-state index contributed by atoms with van der Waals surface area (Å²) in [6, 6.07) is 3.41. The van der Waals surface area contributed by atoms with Gasteiger partial charge in [0.1, 0.15) is 17.1 Å². The molecule has 0 N–H and O–H groups in total. The van der Waals surface area contributed by atoms with Crippen molar-refractivity contribution in [3.63, 3.8) is 0 Å². The van der Waals surface area contributed by atoms with E-state index in [0.717, 1.165) is 19.2 Å². The van der Waals surface area contributed by atoms with E-state index in [-0.39, 0.29) is 11.3 Å². The quantitative estimate of drug-likeness (QED) is 0.784. The molecule has 0 atom stereocenters. The molecule has 0 aliphatic rings. The smallest absolute Gasteiger partial charge is 0.494 e. The van der Waals surface area contributed by atoms with E-state index in [2.05, 4.69) is 9.47 Å². The van der Waals surface area contributed by atoms with Crippen LogP contribution >= 0.6 is 0 Å². The van der Waals surface area contributed by atoms with Crippen LogP contribution in [0.4, 0.5) is 13.2 Å². The van der Waals surface area contributed by atoms with Crippen molar-refractivity contribution < 1.29 is 32.2 Å². The molecule has 0 aromatic heterocycles. The Morgan fingerprint density at radius 2 is 2.00 bits per heavy atom. The predicted molar refractivity (Wildman–Crippen MR) is 55.6 cm³/mol. The Kier molecular flexibility index (Phi) is 4.41. The maximum Gasteiger partial charge on any atom is 0.573 e. The zero-order chi connectivity index (χ0) is 13.8. The molecule has 0 saturated carbocycles. The molecular weight excluding hydrogens is 253 g/mol. The number of hydrogen-bond acceptors (Lipinski definition) is 4. The first-order chi connectivity index (χ1) is 8.37. The highest BCUT2D eigenvalue weighted by atomic mass is 19.4. The van der Waals surface area contributed by atoms with Gasteiger partial charge in [-0.1, -0.05) is 0 Å². The van der Waals surface area contributed by atoms with Gasteiger partial charge in [0, 0.05) is 0 Å². The molecule has 7 heteroatoms. The highest BCUT2D eigenvalue weighted by Crippen LogP contribution is 2.30. The average Bonchev–Trinajstić information content (AvgIpc) is 2.28. The summed E-state index contributed by atoms with van der Waals surface area (Å²) >= 11 is 0. The lowest BCUT2D eigenvalue weighted by atomic mass is 10.2. The molecule has 0 unspecified atom stereocenters. The predicted octanol–water partition coefficient (Wildman–Crippen LogP) is 2.77. The van der Waals surface area contributed by atoms with E-state index in [4.69, 9.17) is 4.74 Å². The number of benzene rings is 1. The molecule has 4 nitrogen and oxygen atoms in total. The van der Waals surface area contributed by atoms with Crippen LogP contribution in [0.15, 0.2) is 18.2 Å². The molecule has 0 aliphatic heterocycles. The number of methoxy groups -OCH3 is 1. The number of ether oxygens (including phenoxy) is 3. The monoisotopic (exact) mass is 264 g/mol. The van der Waals surface area contributed by atoms with Crippen LogP contribution < -0.4 is 9.47 Å². The lowest BCUT2D eigenvalue weighted by molar-refractivity contribution is -0.274. The van der Waals surface area contributed by atoms with Crippen molar-refractivity contribution in [1.29, 1.82) is 0 Å². The highest BCUT2D eigenvalue weighted by molar-refractivity contribution is 5.93. The van der Waals surface area contributed by atoms with Gasteiger partial charge in [-0.3, -0.25) is 0 Å². The summed E-state index contributed by atoms with van der Waals surface area (Å²) in [5, 5.41) is 0. The van der Waals surface area contributed by atoms with Crippen molar-refractivity contribution >= 4 is 5.97 Å². The minimum absolute atomic E-state index is 0.257. The molecule has 1 aromatic rings. The number of carbonyl (C=O) groups excluding carboxylic acids is 1. The fraction of sp³-hybridized carbons (Fsp3) is 0.364. The standard InChI is InChI=1S/C11H11F3O4/c1-3-17-7-4-5-9(18-11(12,13)14)8(6-7)10(15)16-2/h4-6H,3H2,1-2H3. The van der Waals surface area contributed by atoms with Crippen molar-refractivity contribution in [2.24, 2.45) is 0 Å². The summed E-state index contributed by atoms with van der Waals surface area (Å²) in [4.78, 5) is 11.4. The molecular formula is C11H11F3O4. The molecule has 0 aliphatic carbocycles. The Morgan fingerprint density at radius 3 is 2.50 bits per heavy atom. The number of carbonyl (C=O) groups is 1. The number of rotatable bonds is 4. The first kappa shape index (κ1) is 14.1. The fourth-order valence-electron chi connectivity index (χ4n) is 1.25. The number of halogens is 3. The second-order valence-corrected chi connectivity index (χ2v) is 3.13. The summed E-state index contributed by atoms with van der Waals surface area (Å²) in [6.45, 7) is 2.03. The van der Waals surface area contributed by atoms with Crippen molar-refractivity contribution in [3.8, 4) is 11.5 Å². The largest absolute Gasteiger partial charge is 0.573 e. The van der Waals surface area contributed by atoms with Crippen LogP contribution in [0.5, 0.6) is 11.5 Å². The van der Waals surface area contributed by atoms with Crippen LogP contribution in [0.25, 0.3) is 0 Å². The molecule has 1 rings (SSSR count). The van der Waals surface area contributed by atoms with Gasteiger partial charge in [0.25, 0.3) is 0 Å². The van der Waals surface area contributed by atoms with Gasteiger partial charge >= 0.3 is 12.3 Å². The number of alkyl halides is 3. The van der Waals surface area contributed by atoms with Gasteiger partial charge in [0.2, 0.25) is 0 Å². The maximum absolute atomic E-state index is 12.1. The molecule has 0 spiro atoms. The third-order valence-corrected chi connectivity index (χ3v) is 1.89. The first-order valence-corrected chi connectivity index (χ1v) is 4.98. The van der Waals surface area contributed by atoms with Gasteiger partial charge in [-0.15, -0.1) is 13.2 Å². The van der Waals surface area contributed by atoms with Crippen LogP contribution in [0.1, 0.15) is 17.3 Å². The van der Waals surface area contributed by atoms with Gasteiger partial charge in [-0.25, -0.2) is 4.79 Å². The Morgan fingerprint density at radius 1 is 1.33 bits per heavy atom. The molecule has 1 aromatic carbocycles. The summed E-state index contributed by atoms with van der Waals surface area (Å²) in [6.07, 6.45) is -4.88. The van der Waals surface area contributed by atoms with Gasteiger partial charge in [-0.05, 0) is 25.1 Å². The van der Waals surface area contributed by atoms with Crippen molar-refractivity contribution in [2.45, 2.75) is 13.3 Å². The van der Waals surface area contributed by atoms with Crippen molar-refractivity contribution in [2.75, 3.05) is 13.7 Å². The van der Waals surface area contributed by atoms with Crippen molar-refractivity contribution in [3.05, 3.63) is 23.8 Å². The van der Waals surface area contributed by atoms with Crippen LogP contribution in [0.3, 0.4) is 0 Å². The second kappa shape index (κ2) is 5.61. The minimum atomic E-state index is -4.88. The summed E-state index contributed by atoms with van der Waals surface area (Å²) in [5.74, 6) is -1.30. The Labute approximate surface area is 101 Å². The van der Waals surface area contributed by atoms with E-state index in [1.54, 1.807) is 6.92 Å². The van der Waals surface area contributed by atoms with Crippen LogP contribution in [0, 0.1) is 0 Å². The van der Waals surface area contributed by atoms with E-state index in [0.29, 0.717) is 6.61 Å². The molecule has 0 bridgehead atoms. The van der Waals surface area contributed by atoms with Gasteiger partial charge in [0.05, 0.1) is 13.7 Å². The van der Waals surface area contributed by atoms with E-state index in [1.165, 1.54) is 6.07 Å². The van der Waals surface area contributed by atoms with Gasteiger partial charge in [0.15, 0.2) is 0 Å². The third-order valence-electron chi connectivity index (χ3n) is 1.89. The summed E-state index contributed by atoms with van der Waals surface area (Å²) < 4.78 is 49.6. The SMILES string of the molecule is CCOc1ccc(OC(F)(F)F)c(C(=O)OC)c1. The van der Waals surface area contributed by atoms with Crippen LogP contribution in [0.2, 0.25) is 0 Å². The highest BCUT2D eigenvalue weighted by Gasteiger charge is 2.33. The molecule has 18 heavy (non-hydrogen) atoms. The average molecular weight is 264 g/mol. The van der Waals surface area contributed by atoms with E-state index < -0.39 is 18.1 Å². The van der Waals surface area contributed by atoms with Gasteiger partial charge < -0.3 is 14.2 Å². The molecule has 0 amide bonds. The number of hydrogen-bond donors (Lipinski definition) is 0. The second-order valence-electron chi connectivity index (χ2n) is 3.13. The normalized spacial score (nSPS) is 10.9. The number of esters is 1. The zero-order valence-electron chi connectivity index (χ0n) is 9.71.